The molecule has 0 unspecified atom stereocenters. The van der Waals surface area contributed by atoms with E-state index in [1.165, 1.54) is 5.56 Å². The molecule has 0 heterocycles. The Kier molecular flexibility index (Phi) is 6.58. The summed E-state index contributed by atoms with van der Waals surface area (Å²) < 4.78 is 0. The molecule has 112 valence electrons. The van der Waals surface area contributed by atoms with Gasteiger partial charge in [-0.25, -0.2) is 4.79 Å². The summed E-state index contributed by atoms with van der Waals surface area (Å²) in [5.41, 5.74) is 2.24. The Hall–Kier alpha value is -2.73. The lowest BCUT2D eigenvalue weighted by Crippen LogP contribution is -2.36. The highest BCUT2D eigenvalue weighted by molar-refractivity contribution is 5.74. The smallest absolute Gasteiger partial charge is 0.315 e. The van der Waals surface area contributed by atoms with E-state index < -0.39 is 0 Å². The predicted molar refractivity (Wildman–Crippen MR) is 89.5 cm³/mol. The zero-order chi connectivity index (χ0) is 15.5. The molecular weight excluding hydrogens is 272 g/mol. The van der Waals surface area contributed by atoms with Crippen molar-refractivity contribution in [3.63, 3.8) is 0 Å². The molecule has 2 N–H and O–H groups in total. The van der Waals surface area contributed by atoms with Crippen molar-refractivity contribution in [1.29, 1.82) is 0 Å². The highest BCUT2D eigenvalue weighted by Crippen LogP contribution is 2.01. The van der Waals surface area contributed by atoms with Gasteiger partial charge in [0.1, 0.15) is 0 Å². The van der Waals surface area contributed by atoms with E-state index in [-0.39, 0.29) is 6.03 Å². The van der Waals surface area contributed by atoms with Crippen LogP contribution in [0.4, 0.5) is 4.79 Å². The lowest BCUT2D eigenvalue weighted by molar-refractivity contribution is 0.242. The van der Waals surface area contributed by atoms with Crippen LogP contribution in [0.1, 0.15) is 17.5 Å². The minimum Gasteiger partial charge on any atom is -0.338 e. The van der Waals surface area contributed by atoms with Crippen LogP contribution in [0.25, 0.3) is 0 Å². The fraction of sp³-hybridized carbons (Fsp3) is 0.211. The Balaban J connectivity index is 1.58. The summed E-state index contributed by atoms with van der Waals surface area (Å²) in [5, 5.41) is 5.56. The van der Waals surface area contributed by atoms with Crippen molar-refractivity contribution in [2.45, 2.75) is 12.8 Å². The second-order valence-electron chi connectivity index (χ2n) is 4.87. The van der Waals surface area contributed by atoms with Crippen molar-refractivity contribution in [2.75, 3.05) is 13.1 Å². The molecule has 0 aliphatic heterocycles. The maximum atomic E-state index is 11.6. The van der Waals surface area contributed by atoms with Crippen LogP contribution in [-0.4, -0.2) is 19.1 Å². The molecule has 2 amide bonds. The van der Waals surface area contributed by atoms with Gasteiger partial charge in [0.05, 0.1) is 6.54 Å². The third kappa shape index (κ3) is 6.15. The first-order valence-corrected chi connectivity index (χ1v) is 7.44. The first-order chi connectivity index (χ1) is 10.8. The molecule has 22 heavy (non-hydrogen) atoms. The number of rotatable bonds is 5. The van der Waals surface area contributed by atoms with Gasteiger partial charge in [0.25, 0.3) is 0 Å². The van der Waals surface area contributed by atoms with Crippen LogP contribution in [0.15, 0.2) is 60.7 Å². The SMILES string of the molecule is O=C(NCC#Cc1ccccc1)NCCCc1ccccc1. The van der Waals surface area contributed by atoms with Gasteiger partial charge in [0, 0.05) is 12.1 Å². The van der Waals surface area contributed by atoms with Crippen LogP contribution in [0.3, 0.4) is 0 Å². The summed E-state index contributed by atoms with van der Waals surface area (Å²) in [5.74, 6) is 5.92. The minimum atomic E-state index is -0.171. The fourth-order valence-electron chi connectivity index (χ4n) is 1.99. The molecule has 0 bridgehead atoms. The number of nitrogens with one attached hydrogen (secondary N) is 2. The molecule has 0 atom stereocenters. The van der Waals surface area contributed by atoms with Crippen LogP contribution in [0.2, 0.25) is 0 Å². The fourth-order valence-corrected chi connectivity index (χ4v) is 1.99. The Morgan fingerprint density at radius 1 is 0.909 bits per heavy atom. The van der Waals surface area contributed by atoms with Gasteiger partial charge >= 0.3 is 6.03 Å². The summed E-state index contributed by atoms with van der Waals surface area (Å²) in [6.07, 6.45) is 1.89. The van der Waals surface area contributed by atoms with Crippen LogP contribution in [-0.2, 0) is 6.42 Å². The Bertz CT molecular complexity index is 627. The zero-order valence-electron chi connectivity index (χ0n) is 12.5. The lowest BCUT2D eigenvalue weighted by Gasteiger charge is -2.05. The number of carbonyl (C=O) groups is 1. The minimum absolute atomic E-state index is 0.171. The maximum Gasteiger partial charge on any atom is 0.315 e. The molecule has 0 saturated carbocycles. The van der Waals surface area contributed by atoms with Crippen LogP contribution in [0, 0.1) is 11.8 Å². The number of urea groups is 1. The molecular formula is C19H20N2O. The topological polar surface area (TPSA) is 41.1 Å². The largest absolute Gasteiger partial charge is 0.338 e. The highest BCUT2D eigenvalue weighted by Gasteiger charge is 1.97. The molecule has 0 saturated heterocycles. The molecule has 2 aromatic carbocycles. The van der Waals surface area contributed by atoms with Crippen molar-refractivity contribution in [1.82, 2.24) is 10.6 Å². The van der Waals surface area contributed by atoms with Crippen molar-refractivity contribution in [3.8, 4) is 11.8 Å². The highest BCUT2D eigenvalue weighted by atomic mass is 16.2. The Morgan fingerprint density at radius 3 is 2.32 bits per heavy atom. The van der Waals surface area contributed by atoms with Gasteiger partial charge in [-0.15, -0.1) is 0 Å². The second kappa shape index (κ2) is 9.25. The third-order valence-corrected chi connectivity index (χ3v) is 3.11. The van der Waals surface area contributed by atoms with E-state index in [1.54, 1.807) is 0 Å². The van der Waals surface area contributed by atoms with Crippen LogP contribution in [0.5, 0.6) is 0 Å². The molecule has 0 spiro atoms. The molecule has 0 aliphatic rings. The molecule has 3 nitrogen and oxygen atoms in total. The van der Waals surface area contributed by atoms with Crippen LogP contribution < -0.4 is 10.6 Å². The monoisotopic (exact) mass is 292 g/mol. The summed E-state index contributed by atoms with van der Waals surface area (Å²) in [6.45, 7) is 1.01. The van der Waals surface area contributed by atoms with E-state index in [4.69, 9.17) is 0 Å². The molecule has 3 heteroatoms. The predicted octanol–water partition coefficient (Wildman–Crippen LogP) is 2.97. The van der Waals surface area contributed by atoms with E-state index >= 15 is 0 Å². The van der Waals surface area contributed by atoms with E-state index in [0.29, 0.717) is 13.1 Å². The van der Waals surface area contributed by atoms with E-state index in [1.807, 2.05) is 48.5 Å². The molecule has 2 aromatic rings. The van der Waals surface area contributed by atoms with Gasteiger partial charge in [-0.2, -0.15) is 0 Å². The van der Waals surface area contributed by atoms with Crippen molar-refractivity contribution < 1.29 is 4.79 Å². The number of hydrogen-bond donors (Lipinski definition) is 2. The number of aryl methyl sites for hydroxylation is 1. The summed E-state index contributed by atoms with van der Waals surface area (Å²) in [7, 11) is 0. The number of hydrogen-bond acceptors (Lipinski definition) is 1. The van der Waals surface area contributed by atoms with E-state index in [9.17, 15) is 4.79 Å². The zero-order valence-corrected chi connectivity index (χ0v) is 12.5. The maximum absolute atomic E-state index is 11.6. The first kappa shape index (κ1) is 15.7. The normalized spacial score (nSPS) is 9.45. The summed E-state index contributed by atoms with van der Waals surface area (Å²) >= 11 is 0. The number of carbonyl (C=O) groups excluding carboxylic acids is 1. The quantitative estimate of drug-likeness (QED) is 0.645. The van der Waals surface area contributed by atoms with E-state index in [2.05, 4.69) is 34.6 Å². The molecule has 0 aliphatic carbocycles. The van der Waals surface area contributed by atoms with E-state index in [0.717, 1.165) is 18.4 Å². The third-order valence-electron chi connectivity index (χ3n) is 3.11. The van der Waals surface area contributed by atoms with Gasteiger partial charge in [-0.1, -0.05) is 60.4 Å². The Morgan fingerprint density at radius 2 is 1.59 bits per heavy atom. The first-order valence-electron chi connectivity index (χ1n) is 7.44. The number of benzene rings is 2. The average Bonchev–Trinajstić information content (AvgIpc) is 2.57. The molecule has 0 fully saturated rings. The standard InChI is InChI=1S/C19H20N2O/c22-19(20-15-7-13-17-9-3-1-4-10-17)21-16-8-14-18-11-5-2-6-12-18/h1-6,9-12H,7,13,15-16H2,(H2,20,21,22). The van der Waals surface area contributed by atoms with Crippen molar-refractivity contribution in [3.05, 3.63) is 71.8 Å². The van der Waals surface area contributed by atoms with Gasteiger partial charge in [-0.3, -0.25) is 0 Å². The van der Waals surface area contributed by atoms with Gasteiger partial charge < -0.3 is 10.6 Å². The van der Waals surface area contributed by atoms with Crippen molar-refractivity contribution >= 4 is 6.03 Å². The van der Waals surface area contributed by atoms with Gasteiger partial charge in [0.2, 0.25) is 0 Å². The van der Waals surface area contributed by atoms with Gasteiger partial charge in [-0.05, 0) is 30.5 Å². The van der Waals surface area contributed by atoms with Crippen molar-refractivity contribution in [2.24, 2.45) is 0 Å². The second-order valence-corrected chi connectivity index (χ2v) is 4.87. The van der Waals surface area contributed by atoms with Crippen LogP contribution >= 0.6 is 0 Å². The Labute approximate surface area is 131 Å². The molecule has 0 radical (unpaired) electrons. The molecule has 0 aromatic heterocycles. The average molecular weight is 292 g/mol. The molecule has 2 rings (SSSR count). The number of amides is 2. The summed E-state index contributed by atoms with van der Waals surface area (Å²) in [6, 6.07) is 19.8. The van der Waals surface area contributed by atoms with Gasteiger partial charge in [0.15, 0.2) is 0 Å². The lowest BCUT2D eigenvalue weighted by atomic mass is 10.1. The summed E-state index contributed by atoms with van der Waals surface area (Å²) in [4.78, 5) is 11.6.